The molecule has 0 aliphatic carbocycles. The third kappa shape index (κ3) is 5.04. The molecule has 0 saturated carbocycles. The number of thioether (sulfide) groups is 1. The lowest BCUT2D eigenvalue weighted by molar-refractivity contribution is 0.129. The van der Waals surface area contributed by atoms with Gasteiger partial charge >= 0.3 is 0 Å². The van der Waals surface area contributed by atoms with E-state index in [0.717, 1.165) is 46.2 Å². The van der Waals surface area contributed by atoms with E-state index in [0.29, 0.717) is 19.0 Å². The van der Waals surface area contributed by atoms with E-state index in [4.69, 9.17) is 10.5 Å². The smallest absolute Gasteiger partial charge is 0.151 e. The summed E-state index contributed by atoms with van der Waals surface area (Å²) in [6.45, 7) is 6.04. The topological polar surface area (TPSA) is 80.1 Å². The average Bonchev–Trinajstić information content (AvgIpc) is 3.08. The zero-order chi connectivity index (χ0) is 20.1. The number of nitrogens with zero attached hydrogens (tertiary/aromatic N) is 3. The summed E-state index contributed by atoms with van der Waals surface area (Å²) in [5, 5.41) is 0. The number of hydrogen-bond donors (Lipinski definition) is 2. The molecular formula is C21H29N5OS. The lowest BCUT2D eigenvalue weighted by Gasteiger charge is -2.10. The number of rotatable bonds is 9. The molecule has 7 heteroatoms. The zero-order valence-electron chi connectivity index (χ0n) is 17.1. The van der Waals surface area contributed by atoms with E-state index in [1.807, 2.05) is 13.8 Å². The van der Waals surface area contributed by atoms with Crippen molar-refractivity contribution in [1.29, 1.82) is 0 Å². The van der Waals surface area contributed by atoms with Crippen LogP contribution in [0.4, 0.5) is 5.82 Å². The van der Waals surface area contributed by atoms with Gasteiger partial charge in [0.1, 0.15) is 17.9 Å². The molecule has 1 aromatic carbocycles. The number of hydrogen-bond acceptors (Lipinski definition) is 6. The monoisotopic (exact) mass is 399 g/mol. The van der Waals surface area contributed by atoms with E-state index in [9.17, 15) is 0 Å². The number of anilines is 1. The van der Waals surface area contributed by atoms with Gasteiger partial charge in [0.25, 0.3) is 0 Å². The van der Waals surface area contributed by atoms with Gasteiger partial charge in [0.05, 0.1) is 16.1 Å². The number of nitrogens with one attached hydrogen (secondary N) is 1. The summed E-state index contributed by atoms with van der Waals surface area (Å²) in [7, 11) is 4.17. The number of aromatic nitrogens is 3. The van der Waals surface area contributed by atoms with E-state index in [2.05, 4.69) is 58.2 Å². The summed E-state index contributed by atoms with van der Waals surface area (Å²) in [5.74, 6) is 2.22. The Morgan fingerprint density at radius 2 is 1.86 bits per heavy atom. The number of ether oxygens (including phenoxy) is 1. The highest BCUT2D eigenvalue weighted by molar-refractivity contribution is 7.99. The van der Waals surface area contributed by atoms with Gasteiger partial charge in [0, 0.05) is 18.9 Å². The third-order valence-electron chi connectivity index (χ3n) is 4.44. The first-order valence-corrected chi connectivity index (χ1v) is 10.5. The SMILES string of the molecule is CCOCc1nc2c(N)nc(C)c(SCCc3ccc(CN(C)C)cc3)c2[nH]1. The highest BCUT2D eigenvalue weighted by Crippen LogP contribution is 2.32. The maximum absolute atomic E-state index is 6.09. The van der Waals surface area contributed by atoms with Gasteiger partial charge in [0.15, 0.2) is 5.82 Å². The van der Waals surface area contributed by atoms with Crippen molar-refractivity contribution in [3.8, 4) is 0 Å². The molecule has 0 unspecified atom stereocenters. The zero-order valence-corrected chi connectivity index (χ0v) is 17.9. The maximum atomic E-state index is 6.09. The summed E-state index contributed by atoms with van der Waals surface area (Å²) < 4.78 is 5.47. The van der Waals surface area contributed by atoms with Crippen molar-refractivity contribution < 1.29 is 4.74 Å². The van der Waals surface area contributed by atoms with Crippen LogP contribution in [-0.4, -0.2) is 46.3 Å². The first-order chi connectivity index (χ1) is 13.5. The van der Waals surface area contributed by atoms with Crippen molar-refractivity contribution in [2.75, 3.05) is 32.2 Å². The van der Waals surface area contributed by atoms with Gasteiger partial charge in [-0.15, -0.1) is 11.8 Å². The molecule has 0 fully saturated rings. The molecule has 2 heterocycles. The highest BCUT2D eigenvalue weighted by Gasteiger charge is 2.15. The number of imidazole rings is 1. The Kier molecular flexibility index (Phi) is 6.93. The summed E-state index contributed by atoms with van der Waals surface area (Å²) >= 11 is 1.79. The van der Waals surface area contributed by atoms with Crippen LogP contribution in [0.5, 0.6) is 0 Å². The summed E-state index contributed by atoms with van der Waals surface area (Å²) in [4.78, 5) is 15.7. The van der Waals surface area contributed by atoms with Gasteiger partial charge in [0.2, 0.25) is 0 Å². The molecular weight excluding hydrogens is 370 g/mol. The predicted octanol–water partition coefficient (Wildman–Crippen LogP) is 3.78. The van der Waals surface area contributed by atoms with Gasteiger partial charge in [-0.25, -0.2) is 9.97 Å². The molecule has 2 aromatic heterocycles. The molecule has 0 saturated heterocycles. The fourth-order valence-corrected chi connectivity index (χ4v) is 4.22. The largest absolute Gasteiger partial charge is 0.382 e. The number of aryl methyl sites for hydroxylation is 2. The highest BCUT2D eigenvalue weighted by atomic mass is 32.2. The minimum Gasteiger partial charge on any atom is -0.382 e. The normalized spacial score (nSPS) is 11.6. The van der Waals surface area contributed by atoms with Crippen LogP contribution in [-0.2, 0) is 24.3 Å². The maximum Gasteiger partial charge on any atom is 0.151 e. The average molecular weight is 400 g/mol. The third-order valence-corrected chi connectivity index (χ3v) is 5.64. The number of fused-ring (bicyclic) bond motifs is 1. The van der Waals surface area contributed by atoms with Crippen molar-refractivity contribution in [2.24, 2.45) is 0 Å². The van der Waals surface area contributed by atoms with Crippen LogP contribution in [0.1, 0.15) is 29.6 Å². The van der Waals surface area contributed by atoms with E-state index >= 15 is 0 Å². The Bertz CT molecular complexity index is 921. The number of H-pyrrole nitrogens is 1. The predicted molar refractivity (Wildman–Crippen MR) is 117 cm³/mol. The Balaban J connectivity index is 1.70. The first kappa shape index (κ1) is 20.6. The Morgan fingerprint density at radius 3 is 2.54 bits per heavy atom. The molecule has 0 radical (unpaired) electrons. The molecule has 150 valence electrons. The van der Waals surface area contributed by atoms with Crippen molar-refractivity contribution in [2.45, 2.75) is 38.3 Å². The van der Waals surface area contributed by atoms with Gasteiger partial charge in [-0.3, -0.25) is 0 Å². The Labute approximate surface area is 170 Å². The van der Waals surface area contributed by atoms with Crippen LogP contribution in [0.15, 0.2) is 29.2 Å². The number of pyridine rings is 1. The standard InChI is InChI=1S/C21H29N5OS/c1-5-27-13-17-24-18-19(25-17)21(22)23-14(2)20(18)28-11-10-15-6-8-16(9-7-15)12-26(3)4/h6-9H,5,10-13H2,1-4H3,(H2,22,23)(H,24,25). The van der Waals surface area contributed by atoms with E-state index in [1.54, 1.807) is 11.8 Å². The number of nitrogen functional groups attached to an aromatic ring is 1. The summed E-state index contributed by atoms with van der Waals surface area (Å²) in [6, 6.07) is 8.87. The number of aromatic amines is 1. The van der Waals surface area contributed by atoms with Crippen LogP contribution in [0.2, 0.25) is 0 Å². The number of benzene rings is 1. The van der Waals surface area contributed by atoms with Crippen LogP contribution >= 0.6 is 11.8 Å². The lowest BCUT2D eigenvalue weighted by Crippen LogP contribution is -2.10. The minimum absolute atomic E-state index is 0.451. The van der Waals surface area contributed by atoms with Crippen LogP contribution in [0, 0.1) is 6.92 Å². The molecule has 6 nitrogen and oxygen atoms in total. The Hall–Kier alpha value is -2.09. The van der Waals surface area contributed by atoms with Gasteiger partial charge in [-0.2, -0.15) is 0 Å². The molecule has 0 aliphatic rings. The fourth-order valence-electron chi connectivity index (χ4n) is 3.13. The van der Waals surface area contributed by atoms with E-state index in [-0.39, 0.29) is 0 Å². The van der Waals surface area contributed by atoms with Crippen LogP contribution in [0.25, 0.3) is 11.0 Å². The van der Waals surface area contributed by atoms with E-state index in [1.165, 1.54) is 11.1 Å². The van der Waals surface area contributed by atoms with E-state index < -0.39 is 0 Å². The summed E-state index contributed by atoms with van der Waals surface area (Å²) in [6.07, 6.45) is 0.998. The van der Waals surface area contributed by atoms with Crippen molar-refractivity contribution >= 4 is 28.6 Å². The van der Waals surface area contributed by atoms with Crippen LogP contribution in [0.3, 0.4) is 0 Å². The molecule has 3 rings (SSSR count). The van der Waals surface area contributed by atoms with Gasteiger partial charge in [-0.05, 0) is 45.5 Å². The molecule has 0 amide bonds. The van der Waals surface area contributed by atoms with Crippen molar-refractivity contribution in [3.63, 3.8) is 0 Å². The van der Waals surface area contributed by atoms with Crippen molar-refractivity contribution in [1.82, 2.24) is 19.9 Å². The molecule has 0 aliphatic heterocycles. The van der Waals surface area contributed by atoms with Gasteiger partial charge < -0.3 is 20.4 Å². The minimum atomic E-state index is 0.451. The quantitative estimate of drug-likeness (QED) is 0.533. The first-order valence-electron chi connectivity index (χ1n) is 9.55. The van der Waals surface area contributed by atoms with Crippen LogP contribution < -0.4 is 5.73 Å². The number of nitrogens with two attached hydrogens (primary N) is 1. The molecule has 0 atom stereocenters. The second kappa shape index (κ2) is 9.41. The molecule has 0 bridgehead atoms. The summed E-state index contributed by atoms with van der Waals surface area (Å²) in [5.41, 5.74) is 11.4. The molecule has 0 spiro atoms. The Morgan fingerprint density at radius 1 is 1.14 bits per heavy atom. The molecule has 28 heavy (non-hydrogen) atoms. The van der Waals surface area contributed by atoms with Gasteiger partial charge in [-0.1, -0.05) is 24.3 Å². The molecule has 3 aromatic rings. The molecule has 3 N–H and O–H groups in total. The van der Waals surface area contributed by atoms with Crippen molar-refractivity contribution in [3.05, 3.63) is 46.9 Å². The second-order valence-electron chi connectivity index (χ2n) is 7.11. The fraction of sp³-hybridized carbons (Fsp3) is 0.429. The second-order valence-corrected chi connectivity index (χ2v) is 8.21. The lowest BCUT2D eigenvalue weighted by atomic mass is 10.1.